The van der Waals surface area contributed by atoms with Crippen LogP contribution in [0.4, 0.5) is 0 Å². The Morgan fingerprint density at radius 3 is 2.79 bits per heavy atom. The van der Waals surface area contributed by atoms with Crippen molar-refractivity contribution >= 4 is 23.6 Å². The summed E-state index contributed by atoms with van der Waals surface area (Å²) in [6, 6.07) is 9.28. The number of H-pyrrole nitrogens is 1. The Labute approximate surface area is 205 Å². The van der Waals surface area contributed by atoms with Crippen molar-refractivity contribution in [1.29, 1.82) is 0 Å². The summed E-state index contributed by atoms with van der Waals surface area (Å²) in [6.07, 6.45) is 10.3. The Hall–Kier alpha value is -2.74. The molecule has 0 bridgehead atoms. The summed E-state index contributed by atoms with van der Waals surface area (Å²) in [7, 11) is 0. The minimum Gasteiger partial charge on any atom is -0.381 e. The van der Waals surface area contributed by atoms with Crippen molar-refractivity contribution < 1.29 is 4.74 Å². The monoisotopic (exact) mass is 478 g/mol. The van der Waals surface area contributed by atoms with Crippen LogP contribution >= 0.6 is 12.4 Å². The molecule has 8 heteroatoms. The standard InChI is InChI=1S/C26H30N6O.ClH/c1-16-22(15-29-32(16)19-9-12-33-13-10-19)25-30-24-21(8-11-28-26(24)31-25)18-6-7-20-17(14-18)4-2-3-5-23(20)27;/h6-8,11,14-15,19,23H,2-5,9-10,12-13,27H2,1H3,(H,28,30,31);1H. The maximum Gasteiger partial charge on any atom is 0.158 e. The van der Waals surface area contributed by atoms with Gasteiger partial charge < -0.3 is 15.5 Å². The maximum absolute atomic E-state index is 6.42. The van der Waals surface area contributed by atoms with Crippen LogP contribution in [0.2, 0.25) is 0 Å². The van der Waals surface area contributed by atoms with Crippen molar-refractivity contribution in [3.63, 3.8) is 0 Å². The quantitative estimate of drug-likeness (QED) is 0.390. The SMILES string of the molecule is Cc1c(-c2nc3c(-c4ccc5c(c4)CCCCC5N)ccnc3[nH]2)cnn1C1CCOCC1.Cl. The first-order valence-corrected chi connectivity index (χ1v) is 12.0. The normalized spacial score (nSPS) is 18.9. The van der Waals surface area contributed by atoms with E-state index in [2.05, 4.69) is 45.8 Å². The molecule has 4 aromatic rings. The number of hydrogen-bond donors (Lipinski definition) is 2. The van der Waals surface area contributed by atoms with E-state index < -0.39 is 0 Å². The summed E-state index contributed by atoms with van der Waals surface area (Å²) in [5.41, 5.74) is 15.2. The topological polar surface area (TPSA) is 94.6 Å². The zero-order chi connectivity index (χ0) is 22.4. The molecule has 0 spiro atoms. The summed E-state index contributed by atoms with van der Waals surface area (Å²) in [4.78, 5) is 13.0. The largest absolute Gasteiger partial charge is 0.381 e. The molecular weight excluding hydrogens is 448 g/mol. The van der Waals surface area contributed by atoms with E-state index in [9.17, 15) is 0 Å². The first kappa shape index (κ1) is 23.0. The smallest absolute Gasteiger partial charge is 0.158 e. The number of nitrogens with zero attached hydrogens (tertiary/aromatic N) is 4. The number of nitrogens with one attached hydrogen (secondary N) is 1. The van der Waals surface area contributed by atoms with Crippen LogP contribution < -0.4 is 5.73 Å². The molecule has 34 heavy (non-hydrogen) atoms. The lowest BCUT2D eigenvalue weighted by Gasteiger charge is -2.23. The van der Waals surface area contributed by atoms with E-state index in [1.54, 1.807) is 0 Å². The van der Waals surface area contributed by atoms with Crippen molar-refractivity contribution in [2.75, 3.05) is 13.2 Å². The molecule has 0 radical (unpaired) electrons. The highest BCUT2D eigenvalue weighted by Crippen LogP contribution is 2.34. The molecule has 3 aromatic heterocycles. The summed E-state index contributed by atoms with van der Waals surface area (Å²) in [6.45, 7) is 3.71. The van der Waals surface area contributed by atoms with E-state index in [0.29, 0.717) is 6.04 Å². The number of pyridine rings is 1. The van der Waals surface area contributed by atoms with Crippen molar-refractivity contribution in [1.82, 2.24) is 24.7 Å². The number of benzene rings is 1. The van der Waals surface area contributed by atoms with Gasteiger partial charge in [0.05, 0.1) is 17.8 Å². The zero-order valence-electron chi connectivity index (χ0n) is 19.5. The third kappa shape index (κ3) is 4.02. The predicted molar refractivity (Wildman–Crippen MR) is 136 cm³/mol. The van der Waals surface area contributed by atoms with E-state index in [0.717, 1.165) is 72.7 Å². The van der Waals surface area contributed by atoms with Crippen LogP contribution in [0.25, 0.3) is 33.7 Å². The molecule has 1 aliphatic carbocycles. The van der Waals surface area contributed by atoms with Crippen LogP contribution in [0.5, 0.6) is 0 Å². The van der Waals surface area contributed by atoms with Gasteiger partial charge in [-0.2, -0.15) is 5.10 Å². The van der Waals surface area contributed by atoms with Gasteiger partial charge in [0.1, 0.15) is 11.3 Å². The molecule has 3 N–H and O–H groups in total. The fraction of sp³-hybridized carbons (Fsp3) is 0.423. The number of ether oxygens (including phenoxy) is 1. The van der Waals surface area contributed by atoms with E-state index in [1.165, 1.54) is 29.5 Å². The molecule has 7 nitrogen and oxygen atoms in total. The lowest BCUT2D eigenvalue weighted by molar-refractivity contribution is 0.0657. The van der Waals surface area contributed by atoms with Crippen LogP contribution in [0, 0.1) is 6.92 Å². The van der Waals surface area contributed by atoms with Crippen molar-refractivity contribution in [2.24, 2.45) is 5.73 Å². The number of rotatable bonds is 3. The Morgan fingerprint density at radius 1 is 1.09 bits per heavy atom. The van der Waals surface area contributed by atoms with Crippen LogP contribution in [0.15, 0.2) is 36.7 Å². The van der Waals surface area contributed by atoms with Gasteiger partial charge in [-0.25, -0.2) is 9.97 Å². The van der Waals surface area contributed by atoms with Gasteiger partial charge in [0.15, 0.2) is 5.65 Å². The molecule has 6 rings (SSSR count). The molecule has 4 heterocycles. The molecule has 1 atom stereocenters. The number of hydrogen-bond acceptors (Lipinski definition) is 5. The number of aromatic amines is 1. The number of nitrogens with two attached hydrogens (primary N) is 1. The number of fused-ring (bicyclic) bond motifs is 2. The molecule has 1 unspecified atom stereocenters. The molecule has 178 valence electrons. The highest BCUT2D eigenvalue weighted by molar-refractivity contribution is 5.91. The van der Waals surface area contributed by atoms with Crippen LogP contribution in [0.1, 0.15) is 61.0 Å². The van der Waals surface area contributed by atoms with Crippen LogP contribution in [-0.4, -0.2) is 37.9 Å². The maximum atomic E-state index is 6.42. The van der Waals surface area contributed by atoms with E-state index >= 15 is 0 Å². The molecule has 2 aliphatic rings. The van der Waals surface area contributed by atoms with Crippen molar-refractivity contribution in [3.8, 4) is 22.5 Å². The third-order valence-corrected chi connectivity index (χ3v) is 7.29. The summed E-state index contributed by atoms with van der Waals surface area (Å²) >= 11 is 0. The van der Waals surface area contributed by atoms with Crippen LogP contribution in [-0.2, 0) is 11.2 Å². The second kappa shape index (κ2) is 9.49. The Kier molecular flexibility index (Phi) is 6.42. The second-order valence-corrected chi connectivity index (χ2v) is 9.34. The molecule has 0 amide bonds. The van der Waals surface area contributed by atoms with Crippen LogP contribution in [0.3, 0.4) is 0 Å². The van der Waals surface area contributed by atoms with Gasteiger partial charge >= 0.3 is 0 Å². The Morgan fingerprint density at radius 2 is 1.94 bits per heavy atom. The predicted octanol–water partition coefficient (Wildman–Crippen LogP) is 5.30. The van der Waals surface area contributed by atoms with E-state index in [-0.39, 0.29) is 18.4 Å². The Balaban J connectivity index is 0.00000241. The highest BCUT2D eigenvalue weighted by atomic mass is 35.5. The molecule has 1 aromatic carbocycles. The summed E-state index contributed by atoms with van der Waals surface area (Å²) < 4.78 is 7.65. The number of aromatic nitrogens is 5. The van der Waals surface area contributed by atoms with E-state index in [1.807, 2.05) is 12.4 Å². The highest BCUT2D eigenvalue weighted by Gasteiger charge is 2.22. The van der Waals surface area contributed by atoms with Crippen molar-refractivity contribution in [2.45, 2.75) is 57.5 Å². The van der Waals surface area contributed by atoms with E-state index in [4.69, 9.17) is 20.6 Å². The molecule has 1 aliphatic heterocycles. The van der Waals surface area contributed by atoms with Gasteiger partial charge in [0.25, 0.3) is 0 Å². The van der Waals surface area contributed by atoms with Crippen molar-refractivity contribution in [3.05, 3.63) is 53.5 Å². The fourth-order valence-corrected chi connectivity index (χ4v) is 5.41. The number of halogens is 1. The van der Waals surface area contributed by atoms with Gasteiger partial charge in [-0.3, -0.25) is 4.68 Å². The average Bonchev–Trinajstić information content (AvgIpc) is 3.39. The lowest BCUT2D eigenvalue weighted by atomic mass is 9.94. The van der Waals surface area contributed by atoms with Gasteiger partial charge in [-0.15, -0.1) is 12.4 Å². The first-order chi connectivity index (χ1) is 16.2. The zero-order valence-corrected chi connectivity index (χ0v) is 20.3. The first-order valence-electron chi connectivity index (χ1n) is 12.0. The minimum absolute atomic E-state index is 0. The average molecular weight is 479 g/mol. The number of imidazole rings is 1. The van der Waals surface area contributed by atoms with Gasteiger partial charge in [0, 0.05) is 36.7 Å². The van der Waals surface area contributed by atoms with Gasteiger partial charge in [0.2, 0.25) is 0 Å². The fourth-order valence-electron chi connectivity index (χ4n) is 5.41. The number of aryl methyl sites for hydroxylation is 1. The Bertz CT molecular complexity index is 1310. The molecular formula is C26H31ClN6O. The molecule has 1 fully saturated rings. The second-order valence-electron chi connectivity index (χ2n) is 9.34. The summed E-state index contributed by atoms with van der Waals surface area (Å²) in [5, 5.41) is 4.70. The lowest BCUT2D eigenvalue weighted by Crippen LogP contribution is -2.21. The van der Waals surface area contributed by atoms with Gasteiger partial charge in [-0.05, 0) is 61.8 Å². The third-order valence-electron chi connectivity index (χ3n) is 7.29. The molecule has 0 saturated carbocycles. The summed E-state index contributed by atoms with van der Waals surface area (Å²) in [5.74, 6) is 0.817. The van der Waals surface area contributed by atoms with Gasteiger partial charge in [-0.1, -0.05) is 24.6 Å². The minimum atomic E-state index is 0. The molecule has 1 saturated heterocycles.